The molecule has 4 nitrogen and oxygen atoms in total. The number of carbonyl (C=O) groups excluding carboxylic acids is 1. The summed E-state index contributed by atoms with van der Waals surface area (Å²) in [7, 11) is 0. The van der Waals surface area contributed by atoms with Crippen LogP contribution in [0.3, 0.4) is 0 Å². The van der Waals surface area contributed by atoms with Crippen LogP contribution in [0.2, 0.25) is 0 Å². The second-order valence-electron chi connectivity index (χ2n) is 9.01. The maximum absolute atomic E-state index is 12.8. The van der Waals surface area contributed by atoms with Crippen LogP contribution in [-0.2, 0) is 0 Å². The first-order valence-electron chi connectivity index (χ1n) is 9.66. The van der Waals surface area contributed by atoms with Crippen molar-refractivity contribution < 1.29 is 9.53 Å². The van der Waals surface area contributed by atoms with Gasteiger partial charge in [0, 0.05) is 29.3 Å². The molecule has 1 aromatic heterocycles. The number of Topliss-reactive ketones (excluding diaryl/α,β-unsaturated/α-hetero) is 1. The molecule has 1 aromatic carbocycles. The standard InChI is InChI=1S/C23H30N2O2/c1-16-21(7-6-12-24-16)27-19-10-8-18(9-11-19)20(26)13-17-14-22(2,3)25-23(4,5)15-17/h6-12,17,25H,13-15H2,1-5H3. The average molecular weight is 367 g/mol. The fourth-order valence-corrected chi connectivity index (χ4v) is 4.47. The average Bonchev–Trinajstić information content (AvgIpc) is 2.54. The minimum atomic E-state index is 0.0615. The third kappa shape index (κ3) is 5.16. The molecule has 144 valence electrons. The largest absolute Gasteiger partial charge is 0.455 e. The van der Waals surface area contributed by atoms with Crippen LogP contribution in [0.1, 0.15) is 63.0 Å². The van der Waals surface area contributed by atoms with Gasteiger partial charge in [-0.1, -0.05) is 0 Å². The van der Waals surface area contributed by atoms with Crippen LogP contribution >= 0.6 is 0 Å². The fourth-order valence-electron chi connectivity index (χ4n) is 4.47. The first kappa shape index (κ1) is 19.6. The van der Waals surface area contributed by atoms with Gasteiger partial charge in [-0.15, -0.1) is 0 Å². The molecule has 27 heavy (non-hydrogen) atoms. The molecule has 1 saturated heterocycles. The number of hydrogen-bond acceptors (Lipinski definition) is 4. The Morgan fingerprint density at radius 3 is 2.33 bits per heavy atom. The molecule has 0 aliphatic carbocycles. The summed E-state index contributed by atoms with van der Waals surface area (Å²) in [5.74, 6) is 2.05. The summed E-state index contributed by atoms with van der Waals surface area (Å²) < 4.78 is 5.87. The second kappa shape index (κ2) is 7.43. The van der Waals surface area contributed by atoms with Crippen LogP contribution in [0.5, 0.6) is 11.5 Å². The van der Waals surface area contributed by atoms with E-state index in [2.05, 4.69) is 38.0 Å². The van der Waals surface area contributed by atoms with Gasteiger partial charge in [0.25, 0.3) is 0 Å². The highest BCUT2D eigenvalue weighted by molar-refractivity contribution is 5.96. The summed E-state index contributed by atoms with van der Waals surface area (Å²) in [5.41, 5.74) is 1.71. The van der Waals surface area contributed by atoms with Crippen LogP contribution in [0.25, 0.3) is 0 Å². The Hall–Kier alpha value is -2.20. The van der Waals surface area contributed by atoms with Crippen LogP contribution < -0.4 is 10.1 Å². The molecule has 4 heteroatoms. The molecule has 2 aromatic rings. The first-order chi connectivity index (χ1) is 12.6. The number of aryl methyl sites for hydroxylation is 1. The third-order valence-corrected chi connectivity index (χ3v) is 5.11. The predicted molar refractivity (Wildman–Crippen MR) is 108 cm³/mol. The van der Waals surface area contributed by atoms with E-state index in [0.717, 1.165) is 29.8 Å². The maximum atomic E-state index is 12.8. The summed E-state index contributed by atoms with van der Waals surface area (Å²) in [5, 5.41) is 3.68. The molecule has 3 rings (SSSR count). The SMILES string of the molecule is Cc1ncccc1Oc1ccc(C(=O)CC2CC(C)(C)NC(C)(C)C2)cc1. The Morgan fingerprint density at radius 1 is 1.11 bits per heavy atom. The highest BCUT2D eigenvalue weighted by Gasteiger charge is 2.38. The van der Waals surface area contributed by atoms with Crippen molar-refractivity contribution >= 4 is 5.78 Å². The van der Waals surface area contributed by atoms with Crippen LogP contribution in [-0.4, -0.2) is 21.8 Å². The van der Waals surface area contributed by atoms with Gasteiger partial charge < -0.3 is 10.1 Å². The number of benzene rings is 1. The number of piperidine rings is 1. The molecule has 0 spiro atoms. The zero-order chi connectivity index (χ0) is 19.7. The highest BCUT2D eigenvalue weighted by atomic mass is 16.5. The number of pyridine rings is 1. The molecular weight excluding hydrogens is 336 g/mol. The molecule has 1 fully saturated rings. The summed E-state index contributed by atoms with van der Waals surface area (Å²) in [6, 6.07) is 11.2. The zero-order valence-corrected chi connectivity index (χ0v) is 17.0. The third-order valence-electron chi connectivity index (χ3n) is 5.11. The lowest BCUT2D eigenvalue weighted by molar-refractivity contribution is 0.0864. The molecule has 0 saturated carbocycles. The molecule has 0 radical (unpaired) electrons. The van der Waals surface area contributed by atoms with Gasteiger partial charge in [-0.25, -0.2) is 0 Å². The molecule has 0 amide bonds. The number of rotatable bonds is 5. The minimum absolute atomic E-state index is 0.0615. The van der Waals surface area contributed by atoms with Crippen molar-refractivity contribution in [1.82, 2.24) is 10.3 Å². The van der Waals surface area contributed by atoms with Crippen molar-refractivity contribution in [2.75, 3.05) is 0 Å². The summed E-state index contributed by atoms with van der Waals surface area (Å²) in [4.78, 5) is 17.0. The van der Waals surface area contributed by atoms with Crippen molar-refractivity contribution in [1.29, 1.82) is 0 Å². The lowest BCUT2D eigenvalue weighted by Gasteiger charge is -2.46. The van der Waals surface area contributed by atoms with Crippen molar-refractivity contribution in [3.63, 3.8) is 0 Å². The Morgan fingerprint density at radius 2 is 1.74 bits per heavy atom. The summed E-state index contributed by atoms with van der Waals surface area (Å²) >= 11 is 0. The number of carbonyl (C=O) groups is 1. The van der Waals surface area contributed by atoms with Gasteiger partial charge in [0.2, 0.25) is 0 Å². The molecule has 0 bridgehead atoms. The smallest absolute Gasteiger partial charge is 0.163 e. The molecule has 0 atom stereocenters. The predicted octanol–water partition coefficient (Wildman–Crippen LogP) is 5.31. The van der Waals surface area contributed by atoms with Gasteiger partial charge in [-0.2, -0.15) is 0 Å². The van der Waals surface area contributed by atoms with E-state index in [1.165, 1.54) is 0 Å². The fraction of sp³-hybridized carbons (Fsp3) is 0.478. The monoisotopic (exact) mass is 366 g/mol. The van der Waals surface area contributed by atoms with Gasteiger partial charge in [-0.3, -0.25) is 9.78 Å². The zero-order valence-electron chi connectivity index (χ0n) is 17.0. The number of ketones is 1. The lowest BCUT2D eigenvalue weighted by atomic mass is 9.74. The van der Waals surface area contributed by atoms with Gasteiger partial charge in [-0.05, 0) is 89.8 Å². The normalized spacial score (nSPS) is 18.9. The quantitative estimate of drug-likeness (QED) is 0.728. The Bertz CT molecular complexity index is 793. The van der Waals surface area contributed by atoms with Crippen molar-refractivity contribution in [3.8, 4) is 11.5 Å². The molecule has 1 N–H and O–H groups in total. The molecule has 1 aliphatic heterocycles. The lowest BCUT2D eigenvalue weighted by Crippen LogP contribution is -2.57. The van der Waals surface area contributed by atoms with Crippen LogP contribution in [0.15, 0.2) is 42.6 Å². The first-order valence-corrected chi connectivity index (χ1v) is 9.66. The molecule has 0 unspecified atom stereocenters. The topological polar surface area (TPSA) is 51.2 Å². The highest BCUT2D eigenvalue weighted by Crippen LogP contribution is 2.35. The van der Waals surface area contributed by atoms with E-state index >= 15 is 0 Å². The number of nitrogens with one attached hydrogen (secondary N) is 1. The molecule has 2 heterocycles. The van der Waals surface area contributed by atoms with Gasteiger partial charge in [0.1, 0.15) is 11.5 Å². The van der Waals surface area contributed by atoms with E-state index in [-0.39, 0.29) is 16.9 Å². The summed E-state index contributed by atoms with van der Waals surface area (Å²) in [6.07, 6.45) is 4.37. The number of hydrogen-bond donors (Lipinski definition) is 1. The number of ether oxygens (including phenoxy) is 1. The molecular formula is C23H30N2O2. The molecule has 1 aliphatic rings. The Kier molecular flexibility index (Phi) is 5.38. The van der Waals surface area contributed by atoms with Crippen molar-refractivity contribution in [2.24, 2.45) is 5.92 Å². The number of nitrogens with zero attached hydrogens (tertiary/aromatic N) is 1. The number of aromatic nitrogens is 1. The van der Waals surface area contributed by atoms with E-state index in [1.807, 2.05) is 43.3 Å². The van der Waals surface area contributed by atoms with E-state index in [9.17, 15) is 4.79 Å². The van der Waals surface area contributed by atoms with Crippen LogP contribution in [0, 0.1) is 12.8 Å². The van der Waals surface area contributed by atoms with E-state index in [1.54, 1.807) is 6.20 Å². The van der Waals surface area contributed by atoms with Gasteiger partial charge in [0.15, 0.2) is 5.78 Å². The maximum Gasteiger partial charge on any atom is 0.163 e. The van der Waals surface area contributed by atoms with Crippen molar-refractivity contribution in [2.45, 2.75) is 65.0 Å². The second-order valence-corrected chi connectivity index (χ2v) is 9.01. The Balaban J connectivity index is 1.65. The van der Waals surface area contributed by atoms with Crippen LogP contribution in [0.4, 0.5) is 0 Å². The minimum Gasteiger partial charge on any atom is -0.455 e. The van der Waals surface area contributed by atoms with E-state index in [4.69, 9.17) is 4.74 Å². The van der Waals surface area contributed by atoms with Gasteiger partial charge in [0.05, 0.1) is 5.69 Å². The Labute approximate surface area is 162 Å². The summed E-state index contributed by atoms with van der Waals surface area (Å²) in [6.45, 7) is 10.8. The van der Waals surface area contributed by atoms with Gasteiger partial charge >= 0.3 is 0 Å². The van der Waals surface area contributed by atoms with E-state index < -0.39 is 0 Å². The van der Waals surface area contributed by atoms with E-state index in [0.29, 0.717) is 18.1 Å². The van der Waals surface area contributed by atoms with Crippen molar-refractivity contribution in [3.05, 3.63) is 53.9 Å².